The number of ether oxygens (including phenoxy) is 1. The van der Waals surface area contributed by atoms with Crippen molar-refractivity contribution in [2.75, 3.05) is 13.1 Å². The first kappa shape index (κ1) is 17.7. The lowest BCUT2D eigenvalue weighted by Gasteiger charge is -2.33. The number of nitrogens with one attached hydrogen (secondary N) is 1. The van der Waals surface area contributed by atoms with Gasteiger partial charge in [0.2, 0.25) is 0 Å². The van der Waals surface area contributed by atoms with Gasteiger partial charge in [-0.1, -0.05) is 6.07 Å². The van der Waals surface area contributed by atoms with Gasteiger partial charge in [0.1, 0.15) is 11.4 Å². The van der Waals surface area contributed by atoms with E-state index in [2.05, 4.69) is 9.97 Å². The minimum Gasteiger partial charge on any atom is -0.444 e. The van der Waals surface area contributed by atoms with Crippen molar-refractivity contribution < 1.29 is 9.53 Å². The molecule has 3 rings (SSSR count). The first-order chi connectivity index (χ1) is 11.8. The van der Waals surface area contributed by atoms with Crippen LogP contribution in [0.25, 0.3) is 10.6 Å². The zero-order valence-corrected chi connectivity index (χ0v) is 15.6. The second-order valence-electron chi connectivity index (χ2n) is 7.26. The molecule has 0 saturated carbocycles. The first-order valence-electron chi connectivity index (χ1n) is 8.45. The summed E-state index contributed by atoms with van der Waals surface area (Å²) in [6, 6.07) is 5.40. The molecule has 134 valence electrons. The molecule has 0 aliphatic carbocycles. The maximum absolute atomic E-state index is 12.3. The highest BCUT2D eigenvalue weighted by molar-refractivity contribution is 7.13. The Balaban J connectivity index is 1.80. The molecule has 1 unspecified atom stereocenters. The third-order valence-electron chi connectivity index (χ3n) is 3.99. The van der Waals surface area contributed by atoms with E-state index in [-0.39, 0.29) is 17.6 Å². The normalized spacial score (nSPS) is 18.2. The fraction of sp³-hybridized carbons (Fsp3) is 0.500. The lowest BCUT2D eigenvalue weighted by Crippen LogP contribution is -2.42. The summed E-state index contributed by atoms with van der Waals surface area (Å²) < 4.78 is 5.46. The SMILES string of the molecule is CC(C)(C)OC(=O)N1CCCC(c2nc(-c3cccs3)cc(=O)[nH]2)C1. The zero-order valence-electron chi connectivity index (χ0n) is 14.7. The van der Waals surface area contributed by atoms with E-state index in [1.807, 2.05) is 38.3 Å². The number of piperidine rings is 1. The van der Waals surface area contributed by atoms with Gasteiger partial charge in [0.05, 0.1) is 10.6 Å². The number of nitrogens with zero attached hydrogens (tertiary/aromatic N) is 2. The topological polar surface area (TPSA) is 75.3 Å². The van der Waals surface area contributed by atoms with Gasteiger partial charge >= 0.3 is 6.09 Å². The van der Waals surface area contributed by atoms with Gasteiger partial charge in [0.15, 0.2) is 0 Å². The molecule has 2 aromatic rings. The number of hydrogen-bond acceptors (Lipinski definition) is 5. The number of thiophene rings is 1. The second kappa shape index (κ2) is 7.00. The maximum Gasteiger partial charge on any atom is 0.410 e. The van der Waals surface area contributed by atoms with Crippen LogP contribution in [0.3, 0.4) is 0 Å². The minimum atomic E-state index is -0.518. The fourth-order valence-corrected chi connectivity index (χ4v) is 3.60. The highest BCUT2D eigenvalue weighted by atomic mass is 32.1. The molecule has 0 aromatic carbocycles. The van der Waals surface area contributed by atoms with E-state index in [1.165, 1.54) is 6.07 Å². The summed E-state index contributed by atoms with van der Waals surface area (Å²) in [5.74, 6) is 0.651. The van der Waals surface area contributed by atoms with Gasteiger partial charge in [-0.25, -0.2) is 9.78 Å². The summed E-state index contributed by atoms with van der Waals surface area (Å²) in [7, 11) is 0. The Bertz CT molecular complexity index is 793. The van der Waals surface area contributed by atoms with E-state index >= 15 is 0 Å². The first-order valence-corrected chi connectivity index (χ1v) is 9.33. The van der Waals surface area contributed by atoms with Crippen LogP contribution >= 0.6 is 11.3 Å². The largest absolute Gasteiger partial charge is 0.444 e. The highest BCUT2D eigenvalue weighted by Crippen LogP contribution is 2.27. The molecule has 1 amide bonds. The van der Waals surface area contributed by atoms with Crippen LogP contribution in [0.1, 0.15) is 45.4 Å². The molecule has 0 bridgehead atoms. The van der Waals surface area contributed by atoms with Gasteiger partial charge < -0.3 is 14.6 Å². The Hall–Kier alpha value is -2.15. The summed E-state index contributed by atoms with van der Waals surface area (Å²) >= 11 is 1.55. The van der Waals surface area contributed by atoms with Gasteiger partial charge in [-0.05, 0) is 45.1 Å². The predicted molar refractivity (Wildman–Crippen MR) is 98.0 cm³/mol. The lowest BCUT2D eigenvalue weighted by atomic mass is 9.97. The molecule has 7 heteroatoms. The Morgan fingerprint density at radius 2 is 2.24 bits per heavy atom. The second-order valence-corrected chi connectivity index (χ2v) is 8.21. The lowest BCUT2D eigenvalue weighted by molar-refractivity contribution is 0.0196. The van der Waals surface area contributed by atoms with Crippen molar-refractivity contribution >= 4 is 17.4 Å². The number of likely N-dealkylation sites (tertiary alicyclic amines) is 1. The summed E-state index contributed by atoms with van der Waals surface area (Å²) in [4.78, 5) is 34.5. The van der Waals surface area contributed by atoms with Crippen molar-refractivity contribution in [3.8, 4) is 10.6 Å². The summed E-state index contributed by atoms with van der Waals surface area (Å²) in [6.07, 6.45) is 1.43. The van der Waals surface area contributed by atoms with Crippen LogP contribution in [-0.2, 0) is 4.74 Å². The summed E-state index contributed by atoms with van der Waals surface area (Å²) in [5, 5.41) is 1.96. The minimum absolute atomic E-state index is 0.00822. The molecule has 1 atom stereocenters. The molecule has 1 aliphatic rings. The summed E-state index contributed by atoms with van der Waals surface area (Å²) in [5.41, 5.74) is 0.00121. The molecule has 0 radical (unpaired) electrons. The van der Waals surface area contributed by atoms with Crippen LogP contribution in [0.2, 0.25) is 0 Å². The van der Waals surface area contributed by atoms with Gasteiger partial charge in [0.25, 0.3) is 5.56 Å². The molecule has 1 fully saturated rings. The van der Waals surface area contributed by atoms with Gasteiger partial charge in [0, 0.05) is 25.1 Å². The average molecular weight is 361 g/mol. The molecule has 6 nitrogen and oxygen atoms in total. The Morgan fingerprint density at radius 3 is 2.92 bits per heavy atom. The van der Waals surface area contributed by atoms with Gasteiger partial charge in [-0.15, -0.1) is 11.3 Å². The molecule has 1 N–H and O–H groups in total. The molecule has 2 aromatic heterocycles. The maximum atomic E-state index is 12.3. The monoisotopic (exact) mass is 361 g/mol. The third-order valence-corrected chi connectivity index (χ3v) is 4.89. The molecule has 25 heavy (non-hydrogen) atoms. The van der Waals surface area contributed by atoms with E-state index in [0.29, 0.717) is 24.6 Å². The van der Waals surface area contributed by atoms with Crippen molar-refractivity contribution in [2.24, 2.45) is 0 Å². The Morgan fingerprint density at radius 1 is 1.44 bits per heavy atom. The Kier molecular flexibility index (Phi) is 4.94. The summed E-state index contributed by atoms with van der Waals surface area (Å²) in [6.45, 7) is 6.74. The van der Waals surface area contributed by atoms with Crippen molar-refractivity contribution in [3.05, 3.63) is 39.8 Å². The average Bonchev–Trinajstić information content (AvgIpc) is 3.07. The molecule has 1 aliphatic heterocycles. The van der Waals surface area contributed by atoms with E-state index in [0.717, 1.165) is 17.7 Å². The zero-order chi connectivity index (χ0) is 18.0. The van der Waals surface area contributed by atoms with Crippen molar-refractivity contribution in [1.82, 2.24) is 14.9 Å². The predicted octanol–water partition coefficient (Wildman–Crippen LogP) is 3.61. The number of carbonyl (C=O) groups is 1. The standard InChI is InChI=1S/C18H23N3O3S/c1-18(2,3)24-17(23)21-8-4-6-12(11-21)16-19-13(10-15(22)20-16)14-7-5-9-25-14/h5,7,9-10,12H,4,6,8,11H2,1-3H3,(H,19,20,22). The van der Waals surface area contributed by atoms with Gasteiger partial charge in [-0.2, -0.15) is 0 Å². The van der Waals surface area contributed by atoms with E-state index < -0.39 is 5.60 Å². The number of carbonyl (C=O) groups excluding carboxylic acids is 1. The number of rotatable bonds is 2. The van der Waals surface area contributed by atoms with Crippen molar-refractivity contribution in [3.63, 3.8) is 0 Å². The number of aromatic amines is 1. The smallest absolute Gasteiger partial charge is 0.410 e. The van der Waals surface area contributed by atoms with E-state index in [4.69, 9.17) is 4.74 Å². The van der Waals surface area contributed by atoms with Crippen LogP contribution in [0.15, 0.2) is 28.4 Å². The molecular formula is C18H23N3O3S. The van der Waals surface area contributed by atoms with Crippen LogP contribution < -0.4 is 5.56 Å². The number of hydrogen-bond donors (Lipinski definition) is 1. The van der Waals surface area contributed by atoms with E-state index in [1.54, 1.807) is 16.2 Å². The van der Waals surface area contributed by atoms with Gasteiger partial charge in [-0.3, -0.25) is 4.79 Å². The fourth-order valence-electron chi connectivity index (χ4n) is 2.91. The highest BCUT2D eigenvalue weighted by Gasteiger charge is 2.29. The molecular weight excluding hydrogens is 338 g/mol. The molecule has 1 saturated heterocycles. The van der Waals surface area contributed by atoms with Crippen LogP contribution in [-0.4, -0.2) is 39.7 Å². The van der Waals surface area contributed by atoms with Crippen LogP contribution in [0, 0.1) is 0 Å². The quantitative estimate of drug-likeness (QED) is 0.886. The number of aromatic nitrogens is 2. The Labute approximate surface area is 150 Å². The molecule has 3 heterocycles. The van der Waals surface area contributed by atoms with Crippen LogP contribution in [0.5, 0.6) is 0 Å². The van der Waals surface area contributed by atoms with Crippen molar-refractivity contribution in [1.29, 1.82) is 0 Å². The number of amides is 1. The van der Waals surface area contributed by atoms with E-state index in [9.17, 15) is 9.59 Å². The van der Waals surface area contributed by atoms with Crippen LogP contribution in [0.4, 0.5) is 4.79 Å². The molecule has 0 spiro atoms. The van der Waals surface area contributed by atoms with Crippen molar-refractivity contribution in [2.45, 2.75) is 45.1 Å². The third kappa shape index (κ3) is 4.48. The number of H-pyrrole nitrogens is 1.